The predicted molar refractivity (Wildman–Crippen MR) is 117 cm³/mol. The Kier molecular flexibility index (Phi) is 12.3. The fourth-order valence-electron chi connectivity index (χ4n) is 3.54. The molecule has 6 nitrogen and oxygen atoms in total. The van der Waals surface area contributed by atoms with Crippen molar-refractivity contribution in [2.75, 3.05) is 40.3 Å². The van der Waals surface area contributed by atoms with Crippen LogP contribution in [0.5, 0.6) is 0 Å². The molecule has 0 radical (unpaired) electrons. The van der Waals surface area contributed by atoms with E-state index in [-0.39, 0.29) is 42.5 Å². The van der Waals surface area contributed by atoms with Crippen molar-refractivity contribution in [1.82, 2.24) is 15.5 Å². The van der Waals surface area contributed by atoms with Crippen LogP contribution in [-0.4, -0.2) is 63.2 Å². The summed E-state index contributed by atoms with van der Waals surface area (Å²) < 4.78 is 5.65. The zero-order valence-corrected chi connectivity index (χ0v) is 18.8. The second-order valence-corrected chi connectivity index (χ2v) is 7.54. The second-order valence-electron chi connectivity index (χ2n) is 7.54. The molecule has 2 aliphatic rings. The topological polar surface area (TPSA) is 66.0 Å². The van der Waals surface area contributed by atoms with Crippen LogP contribution in [0.3, 0.4) is 0 Å². The van der Waals surface area contributed by atoms with Gasteiger partial charge in [0, 0.05) is 33.8 Å². The van der Waals surface area contributed by atoms with Crippen molar-refractivity contribution in [3.8, 4) is 0 Å². The molecule has 0 aromatic rings. The summed E-state index contributed by atoms with van der Waals surface area (Å²) in [6.07, 6.45) is 12.0. The van der Waals surface area contributed by atoms with Crippen LogP contribution in [0.15, 0.2) is 4.99 Å². The van der Waals surface area contributed by atoms with Gasteiger partial charge in [-0.15, -0.1) is 24.0 Å². The number of amides is 1. The average Bonchev–Trinajstić information content (AvgIpc) is 3.29. The molecule has 2 N–H and O–H groups in total. The summed E-state index contributed by atoms with van der Waals surface area (Å²) in [7, 11) is 3.52. The number of rotatable bonds is 9. The van der Waals surface area contributed by atoms with Gasteiger partial charge >= 0.3 is 0 Å². The number of hydrogen-bond acceptors (Lipinski definition) is 3. The number of unbranched alkanes of at least 4 members (excludes halogenated alkanes) is 1. The van der Waals surface area contributed by atoms with Gasteiger partial charge in [-0.2, -0.15) is 0 Å². The van der Waals surface area contributed by atoms with Crippen LogP contribution in [0.1, 0.15) is 57.8 Å². The standard InChI is InChI=1S/C19H36N4O2.HI/c1-23(2)18(24)15-22-19(21-14-17-11-7-13-25-17)20-12-6-5-10-16-8-3-4-9-16;/h16-17H,3-15H2,1-2H3,(H2,20,21,22);1H. The van der Waals surface area contributed by atoms with Gasteiger partial charge in [-0.1, -0.05) is 38.5 Å². The minimum atomic E-state index is 0. The van der Waals surface area contributed by atoms with Crippen molar-refractivity contribution < 1.29 is 9.53 Å². The lowest BCUT2D eigenvalue weighted by Gasteiger charge is -2.16. The Morgan fingerprint density at radius 3 is 2.54 bits per heavy atom. The van der Waals surface area contributed by atoms with E-state index >= 15 is 0 Å². The Balaban J connectivity index is 0.00000338. The SMILES string of the molecule is CN(C)C(=O)CN=C(NCCCCC1CCCC1)NCC1CCCO1.I. The smallest absolute Gasteiger partial charge is 0.243 e. The summed E-state index contributed by atoms with van der Waals surface area (Å²) in [5.41, 5.74) is 0. The first kappa shape index (κ1) is 23.5. The first-order valence-corrected chi connectivity index (χ1v) is 9.99. The summed E-state index contributed by atoms with van der Waals surface area (Å²) in [4.78, 5) is 17.8. The van der Waals surface area contributed by atoms with Crippen molar-refractivity contribution in [1.29, 1.82) is 0 Å². The van der Waals surface area contributed by atoms with Gasteiger partial charge < -0.3 is 20.3 Å². The molecule has 0 bridgehead atoms. The minimum Gasteiger partial charge on any atom is -0.376 e. The van der Waals surface area contributed by atoms with Gasteiger partial charge in [0.2, 0.25) is 5.91 Å². The Bertz CT molecular complexity index is 420. The molecule has 0 aromatic heterocycles. The summed E-state index contributed by atoms with van der Waals surface area (Å²) in [5, 5.41) is 6.71. The number of nitrogens with zero attached hydrogens (tertiary/aromatic N) is 2. The molecule has 1 saturated carbocycles. The molecule has 1 heterocycles. The van der Waals surface area contributed by atoms with E-state index in [4.69, 9.17) is 4.74 Å². The molecular formula is C19H37IN4O2. The van der Waals surface area contributed by atoms with Gasteiger partial charge in [0.25, 0.3) is 0 Å². The Morgan fingerprint density at radius 2 is 1.88 bits per heavy atom. The fourth-order valence-corrected chi connectivity index (χ4v) is 3.54. The monoisotopic (exact) mass is 480 g/mol. The molecule has 7 heteroatoms. The molecule has 1 atom stereocenters. The highest BCUT2D eigenvalue weighted by Gasteiger charge is 2.16. The van der Waals surface area contributed by atoms with Crippen molar-refractivity contribution >= 4 is 35.8 Å². The van der Waals surface area contributed by atoms with E-state index in [1.807, 2.05) is 0 Å². The fraction of sp³-hybridized carbons (Fsp3) is 0.895. The van der Waals surface area contributed by atoms with E-state index in [1.54, 1.807) is 19.0 Å². The van der Waals surface area contributed by atoms with Crippen molar-refractivity contribution in [2.45, 2.75) is 63.9 Å². The molecule has 26 heavy (non-hydrogen) atoms. The van der Waals surface area contributed by atoms with Crippen molar-refractivity contribution in [3.05, 3.63) is 0 Å². The lowest BCUT2D eigenvalue weighted by atomic mass is 10.0. The second kappa shape index (κ2) is 13.6. The highest BCUT2D eigenvalue weighted by atomic mass is 127. The number of carbonyl (C=O) groups is 1. The number of likely N-dealkylation sites (N-methyl/N-ethyl adjacent to an activating group) is 1. The largest absolute Gasteiger partial charge is 0.376 e. The Hall–Kier alpha value is -0.570. The van der Waals surface area contributed by atoms with Crippen LogP contribution in [0.4, 0.5) is 0 Å². The third kappa shape index (κ3) is 9.39. The van der Waals surface area contributed by atoms with E-state index in [9.17, 15) is 4.79 Å². The third-order valence-electron chi connectivity index (χ3n) is 5.20. The predicted octanol–water partition coefficient (Wildman–Crippen LogP) is 2.77. The Morgan fingerprint density at radius 1 is 1.12 bits per heavy atom. The van der Waals surface area contributed by atoms with Gasteiger partial charge in [0.15, 0.2) is 5.96 Å². The van der Waals surface area contributed by atoms with Gasteiger partial charge in [0.05, 0.1) is 6.10 Å². The Labute approximate surface area is 175 Å². The molecule has 1 aliphatic heterocycles. The van der Waals surface area contributed by atoms with Crippen LogP contribution in [-0.2, 0) is 9.53 Å². The molecular weight excluding hydrogens is 443 g/mol. The zero-order chi connectivity index (χ0) is 17.9. The number of carbonyl (C=O) groups excluding carboxylic acids is 1. The first-order chi connectivity index (χ1) is 12.1. The van der Waals surface area contributed by atoms with Crippen LogP contribution in [0.2, 0.25) is 0 Å². The molecule has 0 aromatic carbocycles. The highest BCUT2D eigenvalue weighted by molar-refractivity contribution is 14.0. The maximum absolute atomic E-state index is 11.8. The number of halogens is 1. The van der Waals surface area contributed by atoms with E-state index in [0.717, 1.165) is 50.8 Å². The summed E-state index contributed by atoms with van der Waals surface area (Å²) >= 11 is 0. The van der Waals surface area contributed by atoms with E-state index in [1.165, 1.54) is 38.5 Å². The summed E-state index contributed by atoms with van der Waals surface area (Å²) in [6.45, 7) is 2.69. The lowest BCUT2D eigenvalue weighted by molar-refractivity contribution is -0.127. The molecule has 1 aliphatic carbocycles. The molecule has 1 unspecified atom stereocenters. The first-order valence-electron chi connectivity index (χ1n) is 9.99. The molecule has 2 fully saturated rings. The number of ether oxygens (including phenoxy) is 1. The van der Waals surface area contributed by atoms with Crippen LogP contribution in [0.25, 0.3) is 0 Å². The highest BCUT2D eigenvalue weighted by Crippen LogP contribution is 2.28. The maximum atomic E-state index is 11.8. The van der Waals surface area contributed by atoms with Gasteiger partial charge in [-0.3, -0.25) is 4.79 Å². The van der Waals surface area contributed by atoms with Crippen LogP contribution < -0.4 is 10.6 Å². The average molecular weight is 480 g/mol. The molecule has 152 valence electrons. The van der Waals surface area contributed by atoms with E-state index in [0.29, 0.717) is 0 Å². The third-order valence-corrected chi connectivity index (χ3v) is 5.20. The van der Waals surface area contributed by atoms with Crippen molar-refractivity contribution in [3.63, 3.8) is 0 Å². The number of guanidine groups is 1. The van der Waals surface area contributed by atoms with E-state index < -0.39 is 0 Å². The number of aliphatic imine (C=N–C) groups is 1. The van der Waals surface area contributed by atoms with E-state index in [2.05, 4.69) is 15.6 Å². The maximum Gasteiger partial charge on any atom is 0.243 e. The minimum absolute atomic E-state index is 0. The molecule has 1 amide bonds. The summed E-state index contributed by atoms with van der Waals surface area (Å²) in [6, 6.07) is 0. The van der Waals surface area contributed by atoms with Crippen molar-refractivity contribution in [2.24, 2.45) is 10.9 Å². The normalized spacial score (nSPS) is 20.7. The molecule has 0 spiro atoms. The molecule has 1 saturated heterocycles. The quantitative estimate of drug-likeness (QED) is 0.231. The zero-order valence-electron chi connectivity index (χ0n) is 16.5. The summed E-state index contributed by atoms with van der Waals surface area (Å²) in [5.74, 6) is 1.70. The van der Waals surface area contributed by atoms with Gasteiger partial charge in [-0.25, -0.2) is 4.99 Å². The van der Waals surface area contributed by atoms with Gasteiger partial charge in [-0.05, 0) is 25.2 Å². The van der Waals surface area contributed by atoms with Gasteiger partial charge in [0.1, 0.15) is 6.54 Å². The van der Waals surface area contributed by atoms with Crippen LogP contribution in [0, 0.1) is 5.92 Å². The van der Waals surface area contributed by atoms with Crippen LogP contribution >= 0.6 is 24.0 Å². The molecule has 2 rings (SSSR count). The number of hydrogen-bond donors (Lipinski definition) is 2. The number of nitrogens with one attached hydrogen (secondary N) is 2. The lowest BCUT2D eigenvalue weighted by Crippen LogP contribution is -2.42.